The molecule has 0 aromatic heterocycles. The highest BCUT2D eigenvalue weighted by molar-refractivity contribution is 5.53. The summed E-state index contributed by atoms with van der Waals surface area (Å²) in [6, 6.07) is 7.98. The molecule has 0 spiro atoms. The van der Waals surface area contributed by atoms with Gasteiger partial charge in [0.15, 0.2) is 0 Å². The number of benzene rings is 2. The van der Waals surface area contributed by atoms with Gasteiger partial charge in [0.25, 0.3) is 0 Å². The first-order valence-electron chi connectivity index (χ1n) is 11.4. The van der Waals surface area contributed by atoms with Gasteiger partial charge in [0.2, 0.25) is 0 Å². The highest BCUT2D eigenvalue weighted by atomic mass is 16.5. The number of aryl methyl sites for hydroxylation is 4. The van der Waals surface area contributed by atoms with Gasteiger partial charge in [0.05, 0.1) is 6.61 Å². The van der Waals surface area contributed by atoms with Crippen molar-refractivity contribution in [2.24, 2.45) is 5.92 Å². The first-order chi connectivity index (χ1) is 14.6. The summed E-state index contributed by atoms with van der Waals surface area (Å²) in [7, 11) is 0. The molecule has 0 amide bonds. The molecule has 0 aliphatic carbocycles. The summed E-state index contributed by atoms with van der Waals surface area (Å²) in [6.45, 7) is 15.5. The Morgan fingerprint density at radius 1 is 0.871 bits per heavy atom. The molecule has 0 heterocycles. The zero-order valence-electron chi connectivity index (χ0n) is 20.4. The van der Waals surface area contributed by atoms with Crippen LogP contribution < -0.4 is 0 Å². The smallest absolute Gasteiger partial charge is 0.122 e. The van der Waals surface area contributed by atoms with Crippen LogP contribution in [0.5, 0.6) is 11.5 Å². The third kappa shape index (κ3) is 7.14. The predicted molar refractivity (Wildman–Crippen MR) is 130 cm³/mol. The monoisotopic (exact) mass is 424 g/mol. The summed E-state index contributed by atoms with van der Waals surface area (Å²) in [5.74, 6) is 0.942. The van der Waals surface area contributed by atoms with Gasteiger partial charge in [-0.1, -0.05) is 54.0 Å². The van der Waals surface area contributed by atoms with Crippen molar-refractivity contribution in [1.29, 1.82) is 0 Å². The number of phenolic OH excluding ortho intramolecular Hbond substituents is 2. The van der Waals surface area contributed by atoms with Crippen molar-refractivity contribution in [3.05, 3.63) is 69.3 Å². The molecule has 170 valence electrons. The minimum Gasteiger partial charge on any atom is -0.507 e. The molecule has 0 bridgehead atoms. The van der Waals surface area contributed by atoms with Gasteiger partial charge in [-0.15, -0.1) is 0 Å². The van der Waals surface area contributed by atoms with E-state index in [1.807, 2.05) is 52.0 Å². The minimum atomic E-state index is -0.224. The lowest BCUT2D eigenvalue weighted by molar-refractivity contribution is 0.113. The standard InChI is InChI=1S/C28H40O3/c1-18(2)9-8-10-19(3)11-12-31-17-26(24-15-20(4)13-22(6)27(24)29)25-16-21(5)14-23(7)28(25)30/h9,13-16,19,26,29-30H,8,10-12,17H2,1-7H3. The van der Waals surface area contributed by atoms with Crippen molar-refractivity contribution in [2.45, 2.75) is 73.6 Å². The average Bonchev–Trinajstić information content (AvgIpc) is 2.68. The first kappa shape index (κ1) is 25.0. The lowest BCUT2D eigenvalue weighted by atomic mass is 9.86. The van der Waals surface area contributed by atoms with E-state index >= 15 is 0 Å². The van der Waals surface area contributed by atoms with Gasteiger partial charge in [0, 0.05) is 23.7 Å². The summed E-state index contributed by atoms with van der Waals surface area (Å²) in [6.07, 6.45) is 5.56. The normalized spacial score (nSPS) is 12.3. The average molecular weight is 425 g/mol. The molecule has 2 aromatic rings. The van der Waals surface area contributed by atoms with Gasteiger partial charge in [-0.05, 0) is 77.8 Å². The summed E-state index contributed by atoms with van der Waals surface area (Å²) in [4.78, 5) is 0. The highest BCUT2D eigenvalue weighted by Crippen LogP contribution is 2.39. The van der Waals surface area contributed by atoms with Gasteiger partial charge in [0.1, 0.15) is 11.5 Å². The van der Waals surface area contributed by atoms with E-state index < -0.39 is 0 Å². The lowest BCUT2D eigenvalue weighted by Crippen LogP contribution is -2.13. The number of aromatic hydroxyl groups is 2. The molecule has 0 radical (unpaired) electrons. The Bertz CT molecular complexity index is 849. The predicted octanol–water partition coefficient (Wildman–Crippen LogP) is 7.25. The van der Waals surface area contributed by atoms with Crippen LogP contribution in [0.1, 0.15) is 79.3 Å². The zero-order valence-corrected chi connectivity index (χ0v) is 20.4. The van der Waals surface area contributed by atoms with Crippen molar-refractivity contribution in [2.75, 3.05) is 13.2 Å². The molecule has 3 heteroatoms. The van der Waals surface area contributed by atoms with E-state index in [0.717, 1.165) is 52.6 Å². The minimum absolute atomic E-state index is 0.224. The van der Waals surface area contributed by atoms with Crippen LogP contribution in [-0.2, 0) is 4.74 Å². The molecule has 1 unspecified atom stereocenters. The van der Waals surface area contributed by atoms with Crippen molar-refractivity contribution in [3.63, 3.8) is 0 Å². The molecule has 2 aromatic carbocycles. The largest absolute Gasteiger partial charge is 0.507 e. The molecule has 2 N–H and O–H groups in total. The molecule has 31 heavy (non-hydrogen) atoms. The van der Waals surface area contributed by atoms with Crippen LogP contribution in [0, 0.1) is 33.6 Å². The van der Waals surface area contributed by atoms with Crippen LogP contribution in [0.25, 0.3) is 0 Å². The Labute approximate surface area is 188 Å². The number of ether oxygens (including phenoxy) is 1. The second-order valence-corrected chi connectivity index (χ2v) is 9.42. The third-order valence-electron chi connectivity index (χ3n) is 5.95. The second-order valence-electron chi connectivity index (χ2n) is 9.42. The van der Waals surface area contributed by atoms with E-state index in [1.165, 1.54) is 5.57 Å². The van der Waals surface area contributed by atoms with Crippen LogP contribution in [0.2, 0.25) is 0 Å². The lowest BCUT2D eigenvalue weighted by Gasteiger charge is -2.23. The molecule has 3 nitrogen and oxygen atoms in total. The van der Waals surface area contributed by atoms with Crippen molar-refractivity contribution < 1.29 is 14.9 Å². The Hall–Kier alpha value is -2.26. The summed E-state index contributed by atoms with van der Waals surface area (Å²) in [5.41, 5.74) is 6.87. The molecular weight excluding hydrogens is 384 g/mol. The van der Waals surface area contributed by atoms with Gasteiger partial charge < -0.3 is 14.9 Å². The topological polar surface area (TPSA) is 49.7 Å². The maximum Gasteiger partial charge on any atom is 0.122 e. The Kier molecular flexibility index (Phi) is 9.18. The van der Waals surface area contributed by atoms with E-state index in [2.05, 4.69) is 26.8 Å². The molecule has 1 atom stereocenters. The second kappa shape index (κ2) is 11.4. The first-order valence-corrected chi connectivity index (χ1v) is 11.4. The quantitative estimate of drug-likeness (QED) is 0.312. The SMILES string of the molecule is CC(C)=CCCC(C)CCOCC(c1cc(C)cc(C)c1O)c1cc(C)cc(C)c1O. The molecule has 0 saturated carbocycles. The summed E-state index contributed by atoms with van der Waals surface area (Å²) < 4.78 is 6.13. The molecule has 0 aliphatic rings. The van der Waals surface area contributed by atoms with Crippen LogP contribution in [0.3, 0.4) is 0 Å². The molecule has 2 rings (SSSR count). The van der Waals surface area contributed by atoms with E-state index in [0.29, 0.717) is 19.1 Å². The van der Waals surface area contributed by atoms with E-state index in [4.69, 9.17) is 4.74 Å². The van der Waals surface area contributed by atoms with Gasteiger partial charge in [-0.25, -0.2) is 0 Å². The Morgan fingerprint density at radius 3 is 1.87 bits per heavy atom. The summed E-state index contributed by atoms with van der Waals surface area (Å²) in [5, 5.41) is 21.7. The van der Waals surface area contributed by atoms with Crippen LogP contribution in [0.15, 0.2) is 35.9 Å². The van der Waals surface area contributed by atoms with E-state index in [-0.39, 0.29) is 17.4 Å². The van der Waals surface area contributed by atoms with E-state index in [1.54, 1.807) is 0 Å². The fourth-order valence-electron chi connectivity index (χ4n) is 4.15. The Balaban J connectivity index is 2.20. The van der Waals surface area contributed by atoms with Crippen molar-refractivity contribution in [3.8, 4) is 11.5 Å². The van der Waals surface area contributed by atoms with Gasteiger partial charge in [-0.2, -0.15) is 0 Å². The molecule has 0 saturated heterocycles. The number of hydrogen-bond acceptors (Lipinski definition) is 3. The molecule has 0 aliphatic heterocycles. The van der Waals surface area contributed by atoms with E-state index in [9.17, 15) is 10.2 Å². The number of allylic oxidation sites excluding steroid dienone is 2. The summed E-state index contributed by atoms with van der Waals surface area (Å²) >= 11 is 0. The zero-order chi connectivity index (χ0) is 23.1. The fraction of sp³-hybridized carbons (Fsp3) is 0.500. The highest BCUT2D eigenvalue weighted by Gasteiger charge is 2.24. The number of hydrogen-bond donors (Lipinski definition) is 2. The van der Waals surface area contributed by atoms with Gasteiger partial charge in [-0.3, -0.25) is 0 Å². The fourth-order valence-corrected chi connectivity index (χ4v) is 4.15. The third-order valence-corrected chi connectivity index (χ3v) is 5.95. The van der Waals surface area contributed by atoms with Crippen LogP contribution in [-0.4, -0.2) is 23.4 Å². The van der Waals surface area contributed by atoms with Gasteiger partial charge >= 0.3 is 0 Å². The maximum atomic E-state index is 10.8. The number of rotatable bonds is 10. The van der Waals surface area contributed by atoms with Crippen molar-refractivity contribution >= 4 is 0 Å². The maximum absolute atomic E-state index is 10.8. The van der Waals surface area contributed by atoms with Crippen molar-refractivity contribution in [1.82, 2.24) is 0 Å². The van der Waals surface area contributed by atoms with Crippen LogP contribution >= 0.6 is 0 Å². The van der Waals surface area contributed by atoms with Crippen LogP contribution in [0.4, 0.5) is 0 Å². The molecular formula is C28H40O3. The Morgan fingerprint density at radius 2 is 1.39 bits per heavy atom. The molecule has 0 fully saturated rings. The number of phenols is 2.